The van der Waals surface area contributed by atoms with E-state index in [0.29, 0.717) is 11.2 Å². The highest BCUT2D eigenvalue weighted by atomic mass is 35.5. The Balaban J connectivity index is 0.000000845. The van der Waals surface area contributed by atoms with Crippen molar-refractivity contribution in [2.75, 3.05) is 0 Å². The molecular formula is C6H8Cl2N4O2. The summed E-state index contributed by atoms with van der Waals surface area (Å²) in [5, 5.41) is 0. The first kappa shape index (κ1) is 12.7. The summed E-state index contributed by atoms with van der Waals surface area (Å²) in [6, 6.07) is 0. The minimum atomic E-state index is -0.459. The zero-order valence-electron chi connectivity index (χ0n) is 7.10. The number of nitrogens with zero attached hydrogens (tertiary/aromatic N) is 2. The van der Waals surface area contributed by atoms with Crippen molar-refractivity contribution >= 4 is 36.0 Å². The fraction of sp³-hybridized carbons (Fsp3) is 0.167. The van der Waals surface area contributed by atoms with Crippen LogP contribution in [-0.4, -0.2) is 19.5 Å². The van der Waals surface area contributed by atoms with Gasteiger partial charge in [-0.25, -0.2) is 9.78 Å². The fourth-order valence-electron chi connectivity index (χ4n) is 1.05. The summed E-state index contributed by atoms with van der Waals surface area (Å²) in [7, 11) is 1.54. The highest BCUT2D eigenvalue weighted by Gasteiger charge is 2.04. The number of halogens is 2. The highest BCUT2D eigenvalue weighted by molar-refractivity contribution is 5.85. The van der Waals surface area contributed by atoms with Crippen molar-refractivity contribution in [1.29, 1.82) is 0 Å². The van der Waals surface area contributed by atoms with E-state index in [1.165, 1.54) is 10.9 Å². The van der Waals surface area contributed by atoms with Crippen LogP contribution in [0.2, 0.25) is 0 Å². The second-order valence-corrected chi connectivity index (χ2v) is 2.42. The van der Waals surface area contributed by atoms with Crippen LogP contribution in [0.5, 0.6) is 0 Å². The van der Waals surface area contributed by atoms with Gasteiger partial charge in [0.2, 0.25) is 0 Å². The maximum Gasteiger partial charge on any atom is 0.329 e. The molecule has 0 bridgehead atoms. The predicted octanol–water partition coefficient (Wildman–Crippen LogP) is -0.207. The molecule has 8 heteroatoms. The van der Waals surface area contributed by atoms with Gasteiger partial charge in [0.15, 0.2) is 5.65 Å². The van der Waals surface area contributed by atoms with Crippen LogP contribution in [0.1, 0.15) is 0 Å². The normalized spacial score (nSPS) is 9.21. The van der Waals surface area contributed by atoms with Crippen molar-refractivity contribution in [3.8, 4) is 0 Å². The Morgan fingerprint density at radius 2 is 2.00 bits per heavy atom. The first-order chi connectivity index (χ1) is 5.70. The molecule has 2 aromatic heterocycles. The molecule has 0 atom stereocenters. The Hall–Kier alpha value is -1.27. The van der Waals surface area contributed by atoms with Crippen molar-refractivity contribution < 1.29 is 0 Å². The van der Waals surface area contributed by atoms with E-state index in [1.807, 2.05) is 0 Å². The molecule has 0 saturated carbocycles. The topological polar surface area (TPSA) is 83.5 Å². The number of fused-ring (bicyclic) bond motifs is 1. The molecule has 0 amide bonds. The van der Waals surface area contributed by atoms with E-state index >= 15 is 0 Å². The molecule has 0 aromatic carbocycles. The molecule has 0 radical (unpaired) electrons. The van der Waals surface area contributed by atoms with Gasteiger partial charge < -0.3 is 4.98 Å². The first-order valence-electron chi connectivity index (χ1n) is 3.32. The minimum Gasteiger partial charge on any atom is -0.339 e. The van der Waals surface area contributed by atoms with E-state index < -0.39 is 11.2 Å². The third-order valence-electron chi connectivity index (χ3n) is 1.69. The number of aryl methyl sites for hydroxylation is 1. The molecule has 0 unspecified atom stereocenters. The number of H-pyrrole nitrogens is 2. The standard InChI is InChI=1S/C6H6N4O2.2ClH/c1-10-4-3(7-2-8-4)5(11)9-6(10)12;;/h2H,1H3,(H,7,8)(H,9,11,12);2*1H. The monoisotopic (exact) mass is 238 g/mol. The third kappa shape index (κ3) is 1.66. The Kier molecular flexibility index (Phi) is 3.91. The van der Waals surface area contributed by atoms with E-state index in [1.54, 1.807) is 7.05 Å². The van der Waals surface area contributed by atoms with Crippen LogP contribution in [0.4, 0.5) is 0 Å². The molecule has 0 fully saturated rings. The molecule has 2 rings (SSSR count). The molecule has 14 heavy (non-hydrogen) atoms. The van der Waals surface area contributed by atoms with Crippen LogP contribution < -0.4 is 11.2 Å². The Morgan fingerprint density at radius 3 is 2.64 bits per heavy atom. The van der Waals surface area contributed by atoms with Gasteiger partial charge in [0.1, 0.15) is 5.52 Å². The second-order valence-electron chi connectivity index (χ2n) is 2.42. The van der Waals surface area contributed by atoms with Gasteiger partial charge >= 0.3 is 5.69 Å². The molecular weight excluding hydrogens is 231 g/mol. The van der Waals surface area contributed by atoms with E-state index in [2.05, 4.69) is 15.0 Å². The van der Waals surface area contributed by atoms with Crippen molar-refractivity contribution in [3.05, 3.63) is 27.2 Å². The summed E-state index contributed by atoms with van der Waals surface area (Å²) in [5.41, 5.74) is -0.217. The maximum atomic E-state index is 11.1. The summed E-state index contributed by atoms with van der Waals surface area (Å²) >= 11 is 0. The van der Waals surface area contributed by atoms with Crippen LogP contribution in [0.25, 0.3) is 11.2 Å². The molecule has 2 N–H and O–H groups in total. The SMILES string of the molecule is Cl.Cl.Cn1c(=O)[nH]c(=O)c2[nH]cnc21. The van der Waals surface area contributed by atoms with Gasteiger partial charge in [0.25, 0.3) is 5.56 Å². The lowest BCUT2D eigenvalue weighted by molar-refractivity contribution is 0.832. The molecule has 6 nitrogen and oxygen atoms in total. The van der Waals surface area contributed by atoms with Crippen LogP contribution in [0.3, 0.4) is 0 Å². The minimum absolute atomic E-state index is 0. The average molecular weight is 239 g/mol. The number of hydrogen-bond donors (Lipinski definition) is 2. The van der Waals surface area contributed by atoms with E-state index in [0.717, 1.165) is 0 Å². The third-order valence-corrected chi connectivity index (χ3v) is 1.69. The number of nitrogens with one attached hydrogen (secondary N) is 2. The molecule has 0 aliphatic heterocycles. The van der Waals surface area contributed by atoms with Crippen LogP contribution in [0.15, 0.2) is 15.9 Å². The van der Waals surface area contributed by atoms with E-state index in [-0.39, 0.29) is 24.8 Å². The number of aromatic amines is 2. The Bertz CT molecular complexity index is 540. The molecule has 0 aliphatic carbocycles. The lowest BCUT2D eigenvalue weighted by Gasteiger charge is -1.94. The summed E-state index contributed by atoms with van der Waals surface area (Å²) in [4.78, 5) is 30.7. The molecule has 0 saturated heterocycles. The summed E-state index contributed by atoms with van der Waals surface area (Å²) in [5.74, 6) is 0. The predicted molar refractivity (Wildman–Crippen MR) is 56.5 cm³/mol. The largest absolute Gasteiger partial charge is 0.339 e. The van der Waals surface area contributed by atoms with Gasteiger partial charge in [0, 0.05) is 7.05 Å². The lowest BCUT2D eigenvalue weighted by Crippen LogP contribution is -2.28. The summed E-state index contributed by atoms with van der Waals surface area (Å²) in [6.45, 7) is 0. The van der Waals surface area contributed by atoms with Crippen molar-refractivity contribution in [2.45, 2.75) is 0 Å². The van der Waals surface area contributed by atoms with Crippen LogP contribution >= 0.6 is 24.8 Å². The summed E-state index contributed by atoms with van der Waals surface area (Å²) < 4.78 is 1.27. The zero-order chi connectivity index (χ0) is 8.72. The van der Waals surface area contributed by atoms with Gasteiger partial charge in [-0.1, -0.05) is 0 Å². The lowest BCUT2D eigenvalue weighted by atomic mass is 10.5. The Morgan fingerprint density at radius 1 is 1.36 bits per heavy atom. The molecule has 0 aliphatic rings. The van der Waals surface area contributed by atoms with Crippen molar-refractivity contribution in [1.82, 2.24) is 19.5 Å². The van der Waals surface area contributed by atoms with Gasteiger partial charge in [-0.3, -0.25) is 14.3 Å². The van der Waals surface area contributed by atoms with E-state index in [4.69, 9.17) is 0 Å². The molecule has 78 valence electrons. The highest BCUT2D eigenvalue weighted by Crippen LogP contribution is 1.96. The molecule has 0 spiro atoms. The van der Waals surface area contributed by atoms with Gasteiger partial charge in [0.05, 0.1) is 6.33 Å². The second kappa shape index (κ2) is 4.30. The van der Waals surface area contributed by atoms with Gasteiger partial charge in [-0.15, -0.1) is 24.8 Å². The average Bonchev–Trinajstić information content (AvgIpc) is 2.48. The number of hydrogen-bond acceptors (Lipinski definition) is 3. The number of rotatable bonds is 0. The maximum absolute atomic E-state index is 11.1. The van der Waals surface area contributed by atoms with Gasteiger partial charge in [-0.2, -0.15) is 0 Å². The van der Waals surface area contributed by atoms with Gasteiger partial charge in [-0.05, 0) is 0 Å². The zero-order valence-corrected chi connectivity index (χ0v) is 8.74. The number of aromatic nitrogens is 4. The van der Waals surface area contributed by atoms with Crippen molar-refractivity contribution in [3.63, 3.8) is 0 Å². The first-order valence-corrected chi connectivity index (χ1v) is 3.32. The van der Waals surface area contributed by atoms with Crippen LogP contribution in [0, 0.1) is 0 Å². The van der Waals surface area contributed by atoms with E-state index in [9.17, 15) is 9.59 Å². The molecule has 2 heterocycles. The molecule has 2 aromatic rings. The fourth-order valence-corrected chi connectivity index (χ4v) is 1.05. The number of imidazole rings is 1. The quantitative estimate of drug-likeness (QED) is 0.667. The van der Waals surface area contributed by atoms with Crippen molar-refractivity contribution in [2.24, 2.45) is 7.05 Å². The smallest absolute Gasteiger partial charge is 0.329 e. The van der Waals surface area contributed by atoms with Crippen LogP contribution in [-0.2, 0) is 7.05 Å². The Labute approximate surface area is 90.2 Å². The summed E-state index contributed by atoms with van der Waals surface area (Å²) in [6.07, 6.45) is 1.37.